The zero-order valence-corrected chi connectivity index (χ0v) is 15.4. The van der Waals surface area contributed by atoms with E-state index in [1.807, 2.05) is 24.3 Å². The van der Waals surface area contributed by atoms with Gasteiger partial charge in [-0.15, -0.1) is 5.10 Å². The summed E-state index contributed by atoms with van der Waals surface area (Å²) in [5, 5.41) is 8.21. The predicted molar refractivity (Wildman–Crippen MR) is 102 cm³/mol. The zero-order valence-electron chi connectivity index (χ0n) is 14.6. The molecule has 3 aromatic rings. The van der Waals surface area contributed by atoms with Gasteiger partial charge in [0.2, 0.25) is 5.91 Å². The third-order valence-corrected chi connectivity index (χ3v) is 6.40. The Hall–Kier alpha value is -3.20. The number of anilines is 1. The smallest absolute Gasteiger partial charge is 0.345 e. The van der Waals surface area contributed by atoms with Crippen molar-refractivity contribution in [2.45, 2.75) is 29.3 Å². The van der Waals surface area contributed by atoms with Crippen molar-refractivity contribution in [2.24, 2.45) is 0 Å². The number of amides is 1. The Morgan fingerprint density at radius 3 is 2.82 bits per heavy atom. The third-order valence-electron chi connectivity index (χ3n) is 4.94. The number of carbonyl (C=O) groups excluding carboxylic acids is 2. The van der Waals surface area contributed by atoms with E-state index in [1.165, 1.54) is 16.7 Å². The summed E-state index contributed by atoms with van der Waals surface area (Å²) in [5.74, 6) is -0.682. The average Bonchev–Trinajstić information content (AvgIpc) is 3.23. The summed E-state index contributed by atoms with van der Waals surface area (Å²) in [6.07, 6.45) is 0.620. The van der Waals surface area contributed by atoms with Crippen molar-refractivity contribution < 1.29 is 14.3 Å². The Morgan fingerprint density at radius 1 is 1.14 bits per heavy atom. The van der Waals surface area contributed by atoms with Crippen LogP contribution < -0.4 is 10.5 Å². The average molecular weight is 394 g/mol. The summed E-state index contributed by atoms with van der Waals surface area (Å²) in [5.41, 5.74) is 0.801. The van der Waals surface area contributed by atoms with Crippen LogP contribution in [0.2, 0.25) is 0 Å². The number of benzene rings is 2. The molecule has 1 fully saturated rings. The van der Waals surface area contributed by atoms with E-state index in [2.05, 4.69) is 10.3 Å². The molecule has 1 atom stereocenters. The van der Waals surface area contributed by atoms with Gasteiger partial charge in [-0.3, -0.25) is 14.5 Å². The fourth-order valence-electron chi connectivity index (χ4n) is 3.61. The van der Waals surface area contributed by atoms with Gasteiger partial charge in [0.15, 0.2) is 11.6 Å². The number of para-hydroxylation sites is 1. The summed E-state index contributed by atoms with van der Waals surface area (Å²) in [7, 11) is 0. The van der Waals surface area contributed by atoms with Gasteiger partial charge in [-0.1, -0.05) is 41.2 Å². The molecule has 5 rings (SSSR count). The lowest BCUT2D eigenvalue weighted by Gasteiger charge is -2.28. The number of carbonyl (C=O) groups is 2. The van der Waals surface area contributed by atoms with E-state index in [0.717, 1.165) is 15.3 Å². The summed E-state index contributed by atoms with van der Waals surface area (Å²) in [4.78, 5) is 39.2. The van der Waals surface area contributed by atoms with Crippen LogP contribution in [-0.4, -0.2) is 31.7 Å². The highest BCUT2D eigenvalue weighted by atomic mass is 32.2. The van der Waals surface area contributed by atoms with Crippen molar-refractivity contribution in [3.63, 3.8) is 0 Å². The van der Waals surface area contributed by atoms with Crippen LogP contribution in [0.1, 0.15) is 12.8 Å². The van der Waals surface area contributed by atoms with Crippen LogP contribution in [0, 0.1) is 0 Å². The Balaban J connectivity index is 1.43. The number of nitrogens with zero attached hydrogens (tertiary/aromatic N) is 4. The number of hydrogen-bond donors (Lipinski definition) is 0. The van der Waals surface area contributed by atoms with Crippen molar-refractivity contribution in [3.05, 3.63) is 58.9 Å². The molecule has 8 nitrogen and oxygen atoms in total. The molecule has 0 unspecified atom stereocenters. The third kappa shape index (κ3) is 2.36. The molecule has 0 bridgehead atoms. The van der Waals surface area contributed by atoms with E-state index >= 15 is 0 Å². The molecule has 0 aliphatic carbocycles. The monoisotopic (exact) mass is 394 g/mol. The van der Waals surface area contributed by atoms with Crippen LogP contribution >= 0.6 is 11.8 Å². The number of fused-ring (bicyclic) bond motifs is 4. The Morgan fingerprint density at radius 2 is 1.93 bits per heavy atom. The Bertz CT molecular complexity index is 1190. The second kappa shape index (κ2) is 6.16. The minimum absolute atomic E-state index is 0.114. The lowest BCUT2D eigenvalue weighted by molar-refractivity contribution is -0.151. The maximum Gasteiger partial charge on any atom is 0.345 e. The molecule has 2 aliphatic rings. The van der Waals surface area contributed by atoms with E-state index in [4.69, 9.17) is 4.74 Å². The van der Waals surface area contributed by atoms with Gasteiger partial charge < -0.3 is 4.74 Å². The van der Waals surface area contributed by atoms with Crippen molar-refractivity contribution in [1.82, 2.24) is 15.0 Å². The van der Waals surface area contributed by atoms with E-state index in [1.54, 1.807) is 24.3 Å². The minimum Gasteiger partial charge on any atom is -0.440 e. The second-order valence-electron chi connectivity index (χ2n) is 6.56. The van der Waals surface area contributed by atoms with Crippen molar-refractivity contribution in [1.29, 1.82) is 0 Å². The maximum absolute atomic E-state index is 13.0. The lowest BCUT2D eigenvalue weighted by Crippen LogP contribution is -2.48. The number of rotatable bonds is 3. The molecule has 1 aromatic heterocycles. The van der Waals surface area contributed by atoms with Crippen LogP contribution in [0.4, 0.5) is 5.69 Å². The maximum atomic E-state index is 13.0. The molecule has 1 amide bonds. The van der Waals surface area contributed by atoms with Crippen molar-refractivity contribution in [3.8, 4) is 0 Å². The van der Waals surface area contributed by atoms with E-state index in [0.29, 0.717) is 17.3 Å². The van der Waals surface area contributed by atoms with Crippen LogP contribution in [0.5, 0.6) is 0 Å². The SMILES string of the molecule is O=C1CC[C@]2(C(=O)OCn3nnc4ccccc4c3=O)Sc3ccccc3N12. The standard InChI is InChI=1S/C19H14N4O4S/c24-16-9-10-19(23(16)14-7-3-4-8-15(14)28-19)18(26)27-11-22-17(25)12-5-1-2-6-13(12)20-21-22/h1-8H,9-11H2/t19-/m1/s1. The Kier molecular flexibility index (Phi) is 3.73. The molecule has 140 valence electrons. The highest BCUT2D eigenvalue weighted by Gasteiger charge is 2.58. The van der Waals surface area contributed by atoms with Gasteiger partial charge in [-0.25, -0.2) is 4.79 Å². The first-order chi connectivity index (χ1) is 13.6. The van der Waals surface area contributed by atoms with Crippen molar-refractivity contribution >= 4 is 40.2 Å². The lowest BCUT2D eigenvalue weighted by atomic mass is 10.2. The molecule has 3 heterocycles. The van der Waals surface area contributed by atoms with Crippen LogP contribution in [-0.2, 0) is 21.1 Å². The number of ether oxygens (including phenoxy) is 1. The number of thioether (sulfide) groups is 1. The Labute approximate surface area is 163 Å². The molecule has 2 aliphatic heterocycles. The molecule has 0 radical (unpaired) electrons. The normalized spacial score (nSPS) is 20.3. The van der Waals surface area contributed by atoms with Gasteiger partial charge in [0.1, 0.15) is 5.52 Å². The largest absolute Gasteiger partial charge is 0.440 e. The van der Waals surface area contributed by atoms with Gasteiger partial charge in [-0.05, 0) is 24.3 Å². The quantitative estimate of drug-likeness (QED) is 0.627. The molecule has 2 aromatic carbocycles. The molecular formula is C19H14N4O4S. The number of aromatic nitrogens is 3. The molecule has 9 heteroatoms. The summed E-state index contributed by atoms with van der Waals surface area (Å²) < 4.78 is 6.44. The second-order valence-corrected chi connectivity index (χ2v) is 7.87. The fraction of sp³-hybridized carbons (Fsp3) is 0.211. The summed E-state index contributed by atoms with van der Waals surface area (Å²) >= 11 is 1.32. The molecular weight excluding hydrogens is 380 g/mol. The first-order valence-corrected chi connectivity index (χ1v) is 9.53. The fourth-order valence-corrected chi connectivity index (χ4v) is 5.02. The van der Waals surface area contributed by atoms with Gasteiger partial charge in [0.05, 0.1) is 11.1 Å². The highest BCUT2D eigenvalue weighted by Crippen LogP contribution is 2.56. The number of hydrogen-bond acceptors (Lipinski definition) is 7. The van der Waals surface area contributed by atoms with Crippen LogP contribution in [0.15, 0.2) is 58.2 Å². The van der Waals surface area contributed by atoms with E-state index < -0.39 is 16.4 Å². The van der Waals surface area contributed by atoms with E-state index in [9.17, 15) is 14.4 Å². The molecule has 0 saturated carbocycles. The topological polar surface area (TPSA) is 94.4 Å². The minimum atomic E-state index is -1.13. The summed E-state index contributed by atoms with van der Waals surface area (Å²) in [6, 6.07) is 14.2. The zero-order chi connectivity index (χ0) is 19.3. The molecule has 0 N–H and O–H groups in total. The van der Waals surface area contributed by atoms with Gasteiger partial charge in [-0.2, -0.15) is 4.68 Å². The predicted octanol–water partition coefficient (Wildman–Crippen LogP) is 1.92. The number of esters is 1. The van der Waals surface area contributed by atoms with Gasteiger partial charge in [0.25, 0.3) is 5.56 Å². The van der Waals surface area contributed by atoms with Crippen LogP contribution in [0.3, 0.4) is 0 Å². The highest BCUT2D eigenvalue weighted by molar-refractivity contribution is 8.02. The first kappa shape index (κ1) is 16.9. The van der Waals surface area contributed by atoms with Gasteiger partial charge >= 0.3 is 5.97 Å². The van der Waals surface area contributed by atoms with Crippen LogP contribution in [0.25, 0.3) is 10.9 Å². The van der Waals surface area contributed by atoms with Crippen molar-refractivity contribution in [2.75, 3.05) is 4.90 Å². The molecule has 0 spiro atoms. The summed E-state index contributed by atoms with van der Waals surface area (Å²) in [6.45, 7) is -0.365. The first-order valence-electron chi connectivity index (χ1n) is 8.71. The molecule has 28 heavy (non-hydrogen) atoms. The molecule has 1 saturated heterocycles. The van der Waals surface area contributed by atoms with Gasteiger partial charge in [0, 0.05) is 17.7 Å². The van der Waals surface area contributed by atoms with E-state index in [-0.39, 0.29) is 19.1 Å².